The lowest BCUT2D eigenvalue weighted by molar-refractivity contribution is -0.176. The lowest BCUT2D eigenvalue weighted by atomic mass is 9.91. The van der Waals surface area contributed by atoms with Gasteiger partial charge in [-0.15, -0.1) is 28.3 Å². The van der Waals surface area contributed by atoms with Gasteiger partial charge >= 0.3 is 6.18 Å². The van der Waals surface area contributed by atoms with E-state index in [0.29, 0.717) is 11.6 Å². The summed E-state index contributed by atoms with van der Waals surface area (Å²) in [6, 6.07) is 0. The fraction of sp³-hybridized carbons (Fsp3) is 0.667. The first-order valence-electron chi connectivity index (χ1n) is 4.73. The first-order chi connectivity index (χ1) is 7.00. The molecule has 1 aromatic heterocycles. The molecule has 0 saturated carbocycles. The smallest absolute Gasteiger partial charge is 0.365 e. The minimum atomic E-state index is -4.07. The SMILES string of the molecule is Br.CNc1nc2c(s1)CC(C(F)(F)F)CC2. The maximum atomic E-state index is 12.5. The number of hydrogen-bond donors (Lipinski definition) is 1. The molecule has 0 aliphatic heterocycles. The molecule has 1 unspecified atom stereocenters. The number of aryl methyl sites for hydroxylation is 1. The van der Waals surface area contributed by atoms with E-state index in [9.17, 15) is 13.2 Å². The number of halogens is 4. The van der Waals surface area contributed by atoms with Gasteiger partial charge in [0.2, 0.25) is 0 Å². The lowest BCUT2D eigenvalue weighted by Gasteiger charge is -2.23. The van der Waals surface area contributed by atoms with Crippen LogP contribution in [-0.4, -0.2) is 18.2 Å². The highest BCUT2D eigenvalue weighted by Crippen LogP contribution is 2.39. The molecule has 0 saturated heterocycles. The van der Waals surface area contributed by atoms with Gasteiger partial charge in [0.25, 0.3) is 0 Å². The minimum absolute atomic E-state index is 0. The summed E-state index contributed by atoms with van der Waals surface area (Å²) in [6.45, 7) is 0. The number of nitrogens with one attached hydrogen (secondary N) is 1. The Labute approximate surface area is 106 Å². The lowest BCUT2D eigenvalue weighted by Crippen LogP contribution is -2.28. The number of fused-ring (bicyclic) bond motifs is 1. The molecule has 0 amide bonds. The van der Waals surface area contributed by atoms with Gasteiger partial charge < -0.3 is 5.32 Å². The molecule has 1 aromatic rings. The monoisotopic (exact) mass is 316 g/mol. The molecule has 92 valence electrons. The van der Waals surface area contributed by atoms with Crippen molar-refractivity contribution in [2.24, 2.45) is 5.92 Å². The third-order valence-electron chi connectivity index (χ3n) is 2.62. The van der Waals surface area contributed by atoms with E-state index in [1.54, 1.807) is 7.05 Å². The molecule has 7 heteroatoms. The van der Waals surface area contributed by atoms with Crippen molar-refractivity contribution in [2.75, 3.05) is 12.4 Å². The second kappa shape index (κ2) is 4.91. The van der Waals surface area contributed by atoms with Gasteiger partial charge in [-0.3, -0.25) is 0 Å². The zero-order chi connectivity index (χ0) is 11.1. The average Bonchev–Trinajstić information content (AvgIpc) is 2.57. The summed E-state index contributed by atoms with van der Waals surface area (Å²) in [6.07, 6.45) is -3.36. The van der Waals surface area contributed by atoms with Gasteiger partial charge in [0.05, 0.1) is 11.6 Å². The van der Waals surface area contributed by atoms with Crippen LogP contribution in [0, 0.1) is 5.92 Å². The topological polar surface area (TPSA) is 24.9 Å². The van der Waals surface area contributed by atoms with Gasteiger partial charge in [0.1, 0.15) is 0 Å². The molecule has 0 aromatic carbocycles. The van der Waals surface area contributed by atoms with Crippen LogP contribution in [0.2, 0.25) is 0 Å². The van der Waals surface area contributed by atoms with Gasteiger partial charge in [-0.05, 0) is 19.3 Å². The third kappa shape index (κ3) is 2.68. The third-order valence-corrected chi connectivity index (χ3v) is 3.75. The normalized spacial score (nSPS) is 19.9. The fourth-order valence-electron chi connectivity index (χ4n) is 1.76. The number of nitrogens with zero attached hydrogens (tertiary/aromatic N) is 1. The molecule has 1 atom stereocenters. The molecule has 0 spiro atoms. The van der Waals surface area contributed by atoms with Crippen LogP contribution in [0.25, 0.3) is 0 Å². The Morgan fingerprint density at radius 1 is 1.44 bits per heavy atom. The highest BCUT2D eigenvalue weighted by molar-refractivity contribution is 8.93. The van der Waals surface area contributed by atoms with Crippen LogP contribution >= 0.6 is 28.3 Å². The highest BCUT2D eigenvalue weighted by atomic mass is 79.9. The van der Waals surface area contributed by atoms with Gasteiger partial charge in [-0.1, -0.05) is 0 Å². The Balaban J connectivity index is 0.00000128. The summed E-state index contributed by atoms with van der Waals surface area (Å²) in [5.74, 6) is -1.19. The maximum Gasteiger partial charge on any atom is 0.392 e. The Kier molecular flexibility index (Phi) is 4.23. The van der Waals surface area contributed by atoms with Gasteiger partial charge in [-0.25, -0.2) is 4.98 Å². The number of hydrogen-bond acceptors (Lipinski definition) is 3. The van der Waals surface area contributed by atoms with Crippen molar-refractivity contribution in [1.29, 1.82) is 0 Å². The van der Waals surface area contributed by atoms with Crippen molar-refractivity contribution in [1.82, 2.24) is 4.98 Å². The summed E-state index contributed by atoms with van der Waals surface area (Å²) in [7, 11) is 1.73. The molecule has 1 N–H and O–H groups in total. The Morgan fingerprint density at radius 3 is 2.69 bits per heavy atom. The predicted octanol–water partition coefficient (Wildman–Crippen LogP) is 3.43. The minimum Gasteiger partial charge on any atom is -0.365 e. The van der Waals surface area contributed by atoms with E-state index in [-0.39, 0.29) is 29.8 Å². The number of anilines is 1. The highest BCUT2D eigenvalue weighted by Gasteiger charge is 2.41. The van der Waals surface area contributed by atoms with Gasteiger partial charge in [-0.2, -0.15) is 13.2 Å². The van der Waals surface area contributed by atoms with Crippen LogP contribution in [0.15, 0.2) is 0 Å². The first-order valence-corrected chi connectivity index (χ1v) is 5.55. The second-order valence-electron chi connectivity index (χ2n) is 3.62. The van der Waals surface area contributed by atoms with E-state index >= 15 is 0 Å². The quantitative estimate of drug-likeness (QED) is 0.858. The van der Waals surface area contributed by atoms with Crippen molar-refractivity contribution >= 4 is 33.4 Å². The molecular formula is C9H12BrF3N2S. The van der Waals surface area contributed by atoms with Crippen LogP contribution in [0.3, 0.4) is 0 Å². The van der Waals surface area contributed by atoms with Crippen molar-refractivity contribution in [3.05, 3.63) is 10.6 Å². The Hall–Kier alpha value is -0.300. The Morgan fingerprint density at radius 2 is 2.12 bits per heavy atom. The average molecular weight is 317 g/mol. The summed E-state index contributed by atoms with van der Waals surface area (Å²) >= 11 is 1.33. The van der Waals surface area contributed by atoms with Crippen molar-refractivity contribution in [3.8, 4) is 0 Å². The van der Waals surface area contributed by atoms with E-state index in [2.05, 4.69) is 10.3 Å². The van der Waals surface area contributed by atoms with E-state index in [0.717, 1.165) is 10.6 Å². The number of thiazole rings is 1. The first kappa shape index (κ1) is 13.8. The van der Waals surface area contributed by atoms with Crippen molar-refractivity contribution in [2.45, 2.75) is 25.4 Å². The number of rotatable bonds is 1. The molecule has 0 fully saturated rings. The molecule has 1 aliphatic carbocycles. The second-order valence-corrected chi connectivity index (χ2v) is 4.70. The predicted molar refractivity (Wildman–Crippen MR) is 63.6 cm³/mol. The van der Waals surface area contributed by atoms with E-state index in [4.69, 9.17) is 0 Å². The summed E-state index contributed by atoms with van der Waals surface area (Å²) in [5.41, 5.74) is 0.838. The molecule has 0 bridgehead atoms. The largest absolute Gasteiger partial charge is 0.392 e. The zero-order valence-electron chi connectivity index (χ0n) is 8.60. The van der Waals surface area contributed by atoms with E-state index < -0.39 is 12.1 Å². The fourth-order valence-corrected chi connectivity index (χ4v) is 2.80. The van der Waals surface area contributed by atoms with Crippen molar-refractivity contribution < 1.29 is 13.2 Å². The van der Waals surface area contributed by atoms with Crippen LogP contribution < -0.4 is 5.32 Å². The molecule has 0 radical (unpaired) electrons. The van der Waals surface area contributed by atoms with Gasteiger partial charge in [0, 0.05) is 11.9 Å². The Bertz CT molecular complexity index is 364. The summed E-state index contributed by atoms with van der Waals surface area (Å²) in [5, 5.41) is 3.57. The van der Waals surface area contributed by atoms with Crippen LogP contribution in [0.1, 0.15) is 17.0 Å². The van der Waals surface area contributed by atoms with Crippen LogP contribution in [0.4, 0.5) is 18.3 Å². The van der Waals surface area contributed by atoms with Crippen LogP contribution in [-0.2, 0) is 12.8 Å². The molecular weight excluding hydrogens is 305 g/mol. The van der Waals surface area contributed by atoms with Crippen LogP contribution in [0.5, 0.6) is 0 Å². The summed E-state index contributed by atoms with van der Waals surface area (Å²) in [4.78, 5) is 5.01. The molecule has 2 nitrogen and oxygen atoms in total. The maximum absolute atomic E-state index is 12.5. The standard InChI is InChI=1S/C9H11F3N2S.BrH/c1-13-8-14-6-3-2-5(9(10,11)12)4-7(6)15-8;/h5H,2-4H2,1H3,(H,13,14);1H. The molecule has 1 aliphatic rings. The number of alkyl halides is 3. The number of aromatic nitrogens is 1. The summed E-state index contributed by atoms with van der Waals surface area (Å²) < 4.78 is 37.5. The van der Waals surface area contributed by atoms with Gasteiger partial charge in [0.15, 0.2) is 5.13 Å². The molecule has 2 rings (SSSR count). The van der Waals surface area contributed by atoms with E-state index in [1.165, 1.54) is 11.3 Å². The molecule has 16 heavy (non-hydrogen) atoms. The van der Waals surface area contributed by atoms with E-state index in [1.807, 2.05) is 0 Å². The zero-order valence-corrected chi connectivity index (χ0v) is 11.1. The molecule has 1 heterocycles. The van der Waals surface area contributed by atoms with Crippen molar-refractivity contribution in [3.63, 3.8) is 0 Å².